The normalized spacial score (nSPS) is 22.0. The number of unbranched alkanes of at least 4 members (excludes halogenated alkanes) is 1. The lowest BCUT2D eigenvalue weighted by Gasteiger charge is -2.39. The van der Waals surface area contributed by atoms with Gasteiger partial charge in [-0.25, -0.2) is 4.79 Å². The number of carbonyl (C=O) groups excluding carboxylic acids is 1. The largest absolute Gasteiger partial charge is 0.456 e. The van der Waals surface area contributed by atoms with Crippen LogP contribution >= 0.6 is 0 Å². The van der Waals surface area contributed by atoms with Crippen LogP contribution in [0.5, 0.6) is 0 Å². The lowest BCUT2D eigenvalue weighted by atomic mass is 10.1. The van der Waals surface area contributed by atoms with Crippen LogP contribution in [0.4, 0.5) is 13.2 Å². The van der Waals surface area contributed by atoms with Crippen molar-refractivity contribution in [3.8, 4) is 0 Å². The molecule has 0 saturated carbocycles. The molecule has 1 heterocycles. The molecule has 2 aromatic carbocycles. The molecule has 0 spiro atoms. The molecule has 0 amide bonds. The molecule has 4 atom stereocenters. The highest BCUT2D eigenvalue weighted by molar-refractivity contribution is 5.89. The van der Waals surface area contributed by atoms with Crippen molar-refractivity contribution in [3.63, 3.8) is 0 Å². The summed E-state index contributed by atoms with van der Waals surface area (Å²) in [7, 11) is 0. The van der Waals surface area contributed by atoms with Gasteiger partial charge >= 0.3 is 12.1 Å². The molecule has 0 radical (unpaired) electrons. The minimum atomic E-state index is -4.48. The molecule has 5 nitrogen and oxygen atoms in total. The van der Waals surface area contributed by atoms with Crippen molar-refractivity contribution in [2.75, 3.05) is 6.61 Å². The maximum Gasteiger partial charge on any atom is 0.416 e. The second kappa shape index (κ2) is 11.6. The number of benzene rings is 2. The first-order valence-electron chi connectivity index (χ1n) is 11.1. The van der Waals surface area contributed by atoms with Gasteiger partial charge in [0, 0.05) is 0 Å². The molecule has 2 aromatic rings. The van der Waals surface area contributed by atoms with Crippen molar-refractivity contribution in [1.82, 2.24) is 0 Å². The smallest absolute Gasteiger partial charge is 0.416 e. The quantitative estimate of drug-likeness (QED) is 0.440. The van der Waals surface area contributed by atoms with Crippen LogP contribution in [0.15, 0.2) is 54.6 Å². The lowest BCUT2D eigenvalue weighted by Crippen LogP contribution is -2.51. The monoisotopic (exact) mass is 466 g/mol. The molecule has 0 bridgehead atoms. The van der Waals surface area contributed by atoms with E-state index in [2.05, 4.69) is 6.92 Å². The number of alkyl halides is 3. The average Bonchev–Trinajstić information content (AvgIpc) is 2.81. The van der Waals surface area contributed by atoms with E-state index in [0.29, 0.717) is 12.0 Å². The molecule has 0 aliphatic carbocycles. The zero-order chi connectivity index (χ0) is 23.8. The first-order valence-corrected chi connectivity index (χ1v) is 11.1. The highest BCUT2D eigenvalue weighted by Gasteiger charge is 2.39. The molecule has 1 aliphatic rings. The molecule has 0 N–H and O–H groups in total. The molecule has 8 heteroatoms. The summed E-state index contributed by atoms with van der Waals surface area (Å²) in [6, 6.07) is 13.8. The number of hydrogen-bond donors (Lipinski definition) is 0. The van der Waals surface area contributed by atoms with E-state index >= 15 is 0 Å². The van der Waals surface area contributed by atoms with Gasteiger partial charge in [0.2, 0.25) is 0 Å². The zero-order valence-corrected chi connectivity index (χ0v) is 18.7. The van der Waals surface area contributed by atoms with Gasteiger partial charge in [-0.05, 0) is 43.5 Å². The van der Waals surface area contributed by atoms with Crippen LogP contribution in [-0.2, 0) is 31.7 Å². The molecule has 0 aromatic heterocycles. The Labute approximate surface area is 191 Å². The van der Waals surface area contributed by atoms with Gasteiger partial charge in [-0.1, -0.05) is 49.7 Å². The van der Waals surface area contributed by atoms with Crippen LogP contribution in [-0.4, -0.2) is 37.2 Å². The van der Waals surface area contributed by atoms with E-state index < -0.39 is 42.3 Å². The van der Waals surface area contributed by atoms with Gasteiger partial charge in [0.05, 0.1) is 24.3 Å². The summed E-state index contributed by atoms with van der Waals surface area (Å²) < 4.78 is 63.2. The van der Waals surface area contributed by atoms with Gasteiger partial charge in [-0.3, -0.25) is 0 Å². The first-order chi connectivity index (χ1) is 15.8. The maximum atomic E-state index is 13.3. The minimum absolute atomic E-state index is 0.0192. The van der Waals surface area contributed by atoms with Crippen LogP contribution in [0.1, 0.15) is 54.6 Å². The fraction of sp³-hybridized carbons (Fsp3) is 0.480. The molecule has 3 rings (SSSR count). The molecular weight excluding hydrogens is 437 g/mol. The molecule has 1 aliphatic heterocycles. The minimum Gasteiger partial charge on any atom is -0.456 e. The molecule has 33 heavy (non-hydrogen) atoms. The van der Waals surface area contributed by atoms with Gasteiger partial charge in [0.25, 0.3) is 0 Å². The number of esters is 1. The number of rotatable bonds is 9. The topological polar surface area (TPSA) is 54.0 Å². The summed E-state index contributed by atoms with van der Waals surface area (Å²) in [4.78, 5) is 12.5. The number of carbonyl (C=O) groups is 1. The maximum absolute atomic E-state index is 13.3. The first kappa shape index (κ1) is 25.2. The van der Waals surface area contributed by atoms with Crippen molar-refractivity contribution in [2.24, 2.45) is 0 Å². The van der Waals surface area contributed by atoms with E-state index in [1.54, 1.807) is 37.3 Å². The van der Waals surface area contributed by atoms with Crippen molar-refractivity contribution >= 4 is 5.97 Å². The number of ether oxygens (including phenoxy) is 4. The second-order valence-corrected chi connectivity index (χ2v) is 7.99. The standard InChI is InChI=1S/C25H29F3O5/c1-3-4-14-22-31-16-21(30-15-19-12-8-9-13-20(19)25(26,27)28)23(33-22)17(2)32-24(29)18-10-6-5-7-11-18/h5-13,17,21-23H,3-4,14-16H2,1-2H3/t17?,21-,22+,23+/m0/s1. The van der Waals surface area contributed by atoms with E-state index in [0.717, 1.165) is 18.9 Å². The highest BCUT2D eigenvalue weighted by atomic mass is 19.4. The molecule has 1 fully saturated rings. The van der Waals surface area contributed by atoms with Crippen molar-refractivity contribution in [3.05, 3.63) is 71.3 Å². The van der Waals surface area contributed by atoms with Gasteiger partial charge in [0.15, 0.2) is 6.29 Å². The van der Waals surface area contributed by atoms with E-state index in [1.165, 1.54) is 18.2 Å². The van der Waals surface area contributed by atoms with Gasteiger partial charge in [0.1, 0.15) is 18.3 Å². The molecule has 1 unspecified atom stereocenters. The van der Waals surface area contributed by atoms with Crippen LogP contribution in [0, 0.1) is 0 Å². The van der Waals surface area contributed by atoms with Crippen LogP contribution in [0.2, 0.25) is 0 Å². The van der Waals surface area contributed by atoms with Gasteiger partial charge in [-0.2, -0.15) is 13.2 Å². The van der Waals surface area contributed by atoms with Crippen molar-refractivity contribution < 1.29 is 36.9 Å². The van der Waals surface area contributed by atoms with Crippen molar-refractivity contribution in [1.29, 1.82) is 0 Å². The summed E-state index contributed by atoms with van der Waals surface area (Å²) in [5, 5.41) is 0. The van der Waals surface area contributed by atoms with Crippen LogP contribution in [0.3, 0.4) is 0 Å². The van der Waals surface area contributed by atoms with Crippen molar-refractivity contribution in [2.45, 2.75) is 70.5 Å². The Morgan fingerprint density at radius 2 is 1.82 bits per heavy atom. The Kier molecular flexibility index (Phi) is 8.88. The van der Waals surface area contributed by atoms with Gasteiger partial charge < -0.3 is 18.9 Å². The number of halogens is 3. The lowest BCUT2D eigenvalue weighted by molar-refractivity contribution is -0.281. The predicted octanol–water partition coefficient (Wildman–Crippen LogP) is 5.77. The third-order valence-corrected chi connectivity index (χ3v) is 5.46. The summed E-state index contributed by atoms with van der Waals surface area (Å²) in [5.41, 5.74) is -0.329. The number of hydrogen-bond acceptors (Lipinski definition) is 5. The Morgan fingerprint density at radius 3 is 2.52 bits per heavy atom. The third-order valence-electron chi connectivity index (χ3n) is 5.46. The summed E-state index contributed by atoms with van der Waals surface area (Å²) in [6.45, 7) is 3.59. The third kappa shape index (κ3) is 7.03. The molecular formula is C25H29F3O5. The van der Waals surface area contributed by atoms with E-state index in [4.69, 9.17) is 18.9 Å². The second-order valence-electron chi connectivity index (χ2n) is 7.99. The Hall–Kier alpha value is -2.42. The van der Waals surface area contributed by atoms with E-state index in [9.17, 15) is 18.0 Å². The Balaban J connectivity index is 1.71. The molecule has 1 saturated heterocycles. The highest BCUT2D eigenvalue weighted by Crippen LogP contribution is 2.33. The zero-order valence-electron chi connectivity index (χ0n) is 18.7. The van der Waals surface area contributed by atoms with Gasteiger partial charge in [-0.15, -0.1) is 0 Å². The van der Waals surface area contributed by atoms with E-state index in [-0.39, 0.29) is 18.8 Å². The predicted molar refractivity (Wildman–Crippen MR) is 115 cm³/mol. The SMILES string of the molecule is CCCC[C@@H]1OC[C@H](OCc2ccccc2C(F)(F)F)[C@@H](C(C)OC(=O)c2ccccc2)O1. The Morgan fingerprint density at radius 1 is 1.12 bits per heavy atom. The molecule has 180 valence electrons. The fourth-order valence-corrected chi connectivity index (χ4v) is 3.67. The van der Waals surface area contributed by atoms with Crippen LogP contribution in [0.25, 0.3) is 0 Å². The average molecular weight is 466 g/mol. The summed E-state index contributed by atoms with van der Waals surface area (Å²) in [6.07, 6.45) is -4.56. The fourth-order valence-electron chi connectivity index (χ4n) is 3.67. The summed E-state index contributed by atoms with van der Waals surface area (Å²) >= 11 is 0. The van der Waals surface area contributed by atoms with Crippen LogP contribution < -0.4 is 0 Å². The Bertz CT molecular complexity index is 887. The summed E-state index contributed by atoms with van der Waals surface area (Å²) in [5.74, 6) is -0.510. The van der Waals surface area contributed by atoms with E-state index in [1.807, 2.05) is 0 Å².